The van der Waals surface area contributed by atoms with E-state index in [9.17, 15) is 0 Å². The van der Waals surface area contributed by atoms with Crippen LogP contribution in [0.25, 0.3) is 0 Å². The molecule has 0 fully saturated rings. The second-order valence-electron chi connectivity index (χ2n) is 4.08. The lowest BCUT2D eigenvalue weighted by molar-refractivity contribution is 0.411. The van der Waals surface area contributed by atoms with Crippen molar-refractivity contribution in [1.82, 2.24) is 10.6 Å². The number of guanidine groups is 1. The number of aryl methyl sites for hydroxylation is 1. The van der Waals surface area contributed by atoms with E-state index in [1.807, 2.05) is 6.92 Å². The number of methoxy groups -OCH3 is 1. The van der Waals surface area contributed by atoms with Gasteiger partial charge in [-0.25, -0.2) is 0 Å². The molecular formula is C14H24IN3O. The summed E-state index contributed by atoms with van der Waals surface area (Å²) in [5, 5.41) is 6.43. The first kappa shape index (κ1) is 18.0. The average molecular weight is 377 g/mol. The van der Waals surface area contributed by atoms with Crippen molar-refractivity contribution in [3.8, 4) is 5.75 Å². The Bertz CT molecular complexity index is 408. The lowest BCUT2D eigenvalue weighted by atomic mass is 10.1. The van der Waals surface area contributed by atoms with E-state index in [0.717, 1.165) is 36.8 Å². The van der Waals surface area contributed by atoms with Crippen molar-refractivity contribution in [3.63, 3.8) is 0 Å². The Kier molecular flexibility index (Phi) is 9.38. The number of benzene rings is 1. The van der Waals surface area contributed by atoms with E-state index in [-0.39, 0.29) is 24.0 Å². The van der Waals surface area contributed by atoms with Crippen molar-refractivity contribution in [2.24, 2.45) is 4.99 Å². The predicted molar refractivity (Wildman–Crippen MR) is 91.9 cm³/mol. The van der Waals surface area contributed by atoms with Gasteiger partial charge in [0.1, 0.15) is 5.75 Å². The van der Waals surface area contributed by atoms with E-state index in [4.69, 9.17) is 4.74 Å². The van der Waals surface area contributed by atoms with Crippen molar-refractivity contribution in [2.45, 2.75) is 20.3 Å². The first-order valence-electron chi connectivity index (χ1n) is 6.29. The molecule has 0 aliphatic carbocycles. The molecule has 5 heteroatoms. The number of hydrogen-bond donors (Lipinski definition) is 2. The zero-order valence-corrected chi connectivity index (χ0v) is 14.4. The van der Waals surface area contributed by atoms with Gasteiger partial charge in [-0.1, -0.05) is 12.1 Å². The van der Waals surface area contributed by atoms with Gasteiger partial charge < -0.3 is 15.4 Å². The van der Waals surface area contributed by atoms with Gasteiger partial charge >= 0.3 is 0 Å². The van der Waals surface area contributed by atoms with Gasteiger partial charge in [0.05, 0.1) is 7.11 Å². The van der Waals surface area contributed by atoms with Crippen LogP contribution in [0.2, 0.25) is 0 Å². The van der Waals surface area contributed by atoms with Crippen LogP contribution in [0, 0.1) is 6.92 Å². The Morgan fingerprint density at radius 2 is 2.05 bits per heavy atom. The van der Waals surface area contributed by atoms with E-state index >= 15 is 0 Å². The molecule has 0 saturated heterocycles. The molecular weight excluding hydrogens is 353 g/mol. The van der Waals surface area contributed by atoms with E-state index in [2.05, 4.69) is 40.7 Å². The summed E-state index contributed by atoms with van der Waals surface area (Å²) in [5.74, 6) is 1.79. The summed E-state index contributed by atoms with van der Waals surface area (Å²) in [7, 11) is 3.48. The van der Waals surface area contributed by atoms with Crippen LogP contribution in [0.3, 0.4) is 0 Å². The van der Waals surface area contributed by atoms with Crippen LogP contribution < -0.4 is 15.4 Å². The first-order chi connectivity index (χ1) is 8.71. The number of rotatable bonds is 5. The topological polar surface area (TPSA) is 45.7 Å². The number of halogens is 1. The molecule has 1 rings (SSSR count). The number of nitrogens with one attached hydrogen (secondary N) is 2. The third-order valence-electron chi connectivity index (χ3n) is 2.75. The zero-order valence-electron chi connectivity index (χ0n) is 12.1. The second-order valence-corrected chi connectivity index (χ2v) is 4.08. The van der Waals surface area contributed by atoms with Gasteiger partial charge in [0.25, 0.3) is 0 Å². The Labute approximate surface area is 133 Å². The molecule has 0 aromatic heterocycles. The molecule has 1 aromatic carbocycles. The third kappa shape index (κ3) is 6.13. The first-order valence-corrected chi connectivity index (χ1v) is 6.29. The van der Waals surface area contributed by atoms with Crippen LogP contribution in [0.4, 0.5) is 0 Å². The van der Waals surface area contributed by atoms with Gasteiger partial charge in [-0.2, -0.15) is 0 Å². The normalized spacial score (nSPS) is 10.6. The molecule has 2 N–H and O–H groups in total. The molecule has 0 amide bonds. The van der Waals surface area contributed by atoms with Gasteiger partial charge in [-0.05, 0) is 37.5 Å². The van der Waals surface area contributed by atoms with Crippen LogP contribution in [0.5, 0.6) is 5.75 Å². The summed E-state index contributed by atoms with van der Waals surface area (Å²) in [6, 6.07) is 6.32. The largest absolute Gasteiger partial charge is 0.496 e. The number of nitrogens with zero attached hydrogens (tertiary/aromatic N) is 1. The Morgan fingerprint density at radius 3 is 2.63 bits per heavy atom. The van der Waals surface area contributed by atoms with Gasteiger partial charge in [0.2, 0.25) is 0 Å². The smallest absolute Gasteiger partial charge is 0.190 e. The summed E-state index contributed by atoms with van der Waals surface area (Å²) in [6.45, 7) is 5.83. The summed E-state index contributed by atoms with van der Waals surface area (Å²) in [4.78, 5) is 4.13. The van der Waals surface area contributed by atoms with Crippen molar-refractivity contribution in [2.75, 3.05) is 27.2 Å². The summed E-state index contributed by atoms with van der Waals surface area (Å²) >= 11 is 0. The molecule has 0 radical (unpaired) electrons. The Balaban J connectivity index is 0.00000324. The SMILES string of the molecule is CCNC(=NC)NCCc1ccc(C)c(OC)c1.I. The average Bonchev–Trinajstić information content (AvgIpc) is 2.39. The molecule has 0 spiro atoms. The molecule has 0 heterocycles. The van der Waals surface area contributed by atoms with Crippen molar-refractivity contribution < 1.29 is 4.74 Å². The second kappa shape index (κ2) is 9.89. The lowest BCUT2D eigenvalue weighted by Gasteiger charge is -2.11. The highest BCUT2D eigenvalue weighted by Gasteiger charge is 2.01. The summed E-state index contributed by atoms with van der Waals surface area (Å²) in [6.07, 6.45) is 0.945. The molecule has 0 aliphatic heterocycles. The fraction of sp³-hybridized carbons (Fsp3) is 0.500. The number of aliphatic imine (C=N–C) groups is 1. The van der Waals surface area contributed by atoms with Crippen LogP contribution in [0.1, 0.15) is 18.1 Å². The monoisotopic (exact) mass is 377 g/mol. The summed E-state index contributed by atoms with van der Waals surface area (Å²) in [5.41, 5.74) is 2.43. The maximum atomic E-state index is 5.32. The fourth-order valence-corrected chi connectivity index (χ4v) is 1.73. The van der Waals surface area contributed by atoms with E-state index in [1.54, 1.807) is 14.2 Å². The molecule has 0 unspecified atom stereocenters. The lowest BCUT2D eigenvalue weighted by Crippen LogP contribution is -2.38. The highest BCUT2D eigenvalue weighted by atomic mass is 127. The highest BCUT2D eigenvalue weighted by molar-refractivity contribution is 14.0. The maximum Gasteiger partial charge on any atom is 0.190 e. The van der Waals surface area contributed by atoms with E-state index in [0.29, 0.717) is 0 Å². The number of hydrogen-bond acceptors (Lipinski definition) is 2. The highest BCUT2D eigenvalue weighted by Crippen LogP contribution is 2.18. The van der Waals surface area contributed by atoms with E-state index in [1.165, 1.54) is 5.56 Å². The molecule has 1 aromatic rings. The molecule has 0 atom stereocenters. The van der Waals surface area contributed by atoms with Crippen LogP contribution in [0.15, 0.2) is 23.2 Å². The van der Waals surface area contributed by atoms with Crippen molar-refractivity contribution in [1.29, 1.82) is 0 Å². The molecule has 0 saturated carbocycles. The fourth-order valence-electron chi connectivity index (χ4n) is 1.73. The zero-order chi connectivity index (χ0) is 13.4. The van der Waals surface area contributed by atoms with Gasteiger partial charge in [-0.3, -0.25) is 4.99 Å². The van der Waals surface area contributed by atoms with Gasteiger partial charge in [0.15, 0.2) is 5.96 Å². The number of ether oxygens (including phenoxy) is 1. The molecule has 108 valence electrons. The summed E-state index contributed by atoms with van der Waals surface area (Å²) < 4.78 is 5.32. The van der Waals surface area contributed by atoms with Crippen LogP contribution >= 0.6 is 24.0 Å². The van der Waals surface area contributed by atoms with Gasteiger partial charge in [0, 0.05) is 20.1 Å². The minimum absolute atomic E-state index is 0. The molecule has 4 nitrogen and oxygen atoms in total. The Hall–Kier alpha value is -0.980. The quantitative estimate of drug-likeness (QED) is 0.471. The minimum atomic E-state index is 0. The Morgan fingerprint density at radius 1 is 1.32 bits per heavy atom. The van der Waals surface area contributed by atoms with E-state index < -0.39 is 0 Å². The van der Waals surface area contributed by atoms with Crippen LogP contribution in [-0.4, -0.2) is 33.2 Å². The van der Waals surface area contributed by atoms with Crippen molar-refractivity contribution >= 4 is 29.9 Å². The molecule has 19 heavy (non-hydrogen) atoms. The van der Waals surface area contributed by atoms with Crippen LogP contribution in [-0.2, 0) is 6.42 Å². The standard InChI is InChI=1S/C14H23N3O.HI/c1-5-16-14(15-3)17-9-8-12-7-6-11(2)13(10-12)18-4;/h6-7,10H,5,8-9H2,1-4H3,(H2,15,16,17);1H. The maximum absolute atomic E-state index is 5.32. The van der Waals surface area contributed by atoms with Crippen molar-refractivity contribution in [3.05, 3.63) is 29.3 Å². The molecule has 0 aliphatic rings. The van der Waals surface area contributed by atoms with Gasteiger partial charge in [-0.15, -0.1) is 24.0 Å². The third-order valence-corrected chi connectivity index (χ3v) is 2.75. The predicted octanol–water partition coefficient (Wildman–Crippen LogP) is 2.35. The molecule has 0 bridgehead atoms. The minimum Gasteiger partial charge on any atom is -0.496 e.